The molecule has 29 heavy (non-hydrogen) atoms. The Morgan fingerprint density at radius 3 is 2.59 bits per heavy atom. The van der Waals surface area contributed by atoms with Gasteiger partial charge in [0.25, 0.3) is 0 Å². The third kappa shape index (κ3) is 4.09. The molecule has 0 unspecified atom stereocenters. The summed E-state index contributed by atoms with van der Waals surface area (Å²) in [4.78, 5) is 14.5. The van der Waals surface area contributed by atoms with E-state index in [0.717, 1.165) is 37.7 Å². The van der Waals surface area contributed by atoms with E-state index in [2.05, 4.69) is 15.9 Å². The van der Waals surface area contributed by atoms with Gasteiger partial charge in [0.05, 0.1) is 26.6 Å². The predicted octanol–water partition coefficient (Wildman–Crippen LogP) is 5.13. The lowest BCUT2D eigenvalue weighted by Crippen LogP contribution is -2.39. The first-order valence-corrected chi connectivity index (χ1v) is 10.3. The van der Waals surface area contributed by atoms with Crippen LogP contribution < -0.4 is 4.74 Å². The SMILES string of the molecule is COc1cc2occ(-c3ccc(Br)cc3)c2cc1/C(C)=C/C(=O)N1CCOCC1. The van der Waals surface area contributed by atoms with Crippen LogP contribution in [0.2, 0.25) is 0 Å². The number of fused-ring (bicyclic) bond motifs is 1. The van der Waals surface area contributed by atoms with Crippen LogP contribution >= 0.6 is 15.9 Å². The van der Waals surface area contributed by atoms with Crippen molar-refractivity contribution in [2.45, 2.75) is 6.92 Å². The van der Waals surface area contributed by atoms with Crippen LogP contribution in [0.5, 0.6) is 5.75 Å². The highest BCUT2D eigenvalue weighted by Gasteiger charge is 2.18. The summed E-state index contributed by atoms with van der Waals surface area (Å²) in [5.41, 5.74) is 4.54. The van der Waals surface area contributed by atoms with Gasteiger partial charge in [-0.3, -0.25) is 4.79 Å². The van der Waals surface area contributed by atoms with Gasteiger partial charge in [0, 0.05) is 46.2 Å². The Morgan fingerprint density at radius 1 is 1.17 bits per heavy atom. The molecule has 4 rings (SSSR count). The summed E-state index contributed by atoms with van der Waals surface area (Å²) < 4.78 is 17.7. The number of hydrogen-bond acceptors (Lipinski definition) is 4. The number of benzene rings is 2. The smallest absolute Gasteiger partial charge is 0.247 e. The van der Waals surface area contributed by atoms with Crippen LogP contribution in [0.4, 0.5) is 0 Å². The standard InChI is InChI=1S/C23H22BrNO4/c1-15(11-23(26)25-7-9-28-10-8-25)18-12-19-20(16-3-5-17(24)6-4-16)14-29-22(19)13-21(18)27-2/h3-6,11-14H,7-10H2,1-2H3/b15-11+. The first-order valence-electron chi connectivity index (χ1n) is 9.47. The van der Waals surface area contributed by atoms with Gasteiger partial charge in [-0.15, -0.1) is 0 Å². The van der Waals surface area contributed by atoms with Crippen molar-refractivity contribution in [1.82, 2.24) is 4.90 Å². The van der Waals surface area contributed by atoms with Crippen LogP contribution in [-0.4, -0.2) is 44.2 Å². The Morgan fingerprint density at radius 2 is 1.90 bits per heavy atom. The third-order valence-electron chi connectivity index (χ3n) is 5.14. The highest BCUT2D eigenvalue weighted by Crippen LogP contribution is 2.37. The molecule has 0 aliphatic carbocycles. The van der Waals surface area contributed by atoms with E-state index in [9.17, 15) is 4.79 Å². The molecule has 0 saturated carbocycles. The summed E-state index contributed by atoms with van der Waals surface area (Å²) in [6, 6.07) is 12.0. The molecule has 1 aliphatic rings. The van der Waals surface area contributed by atoms with Crippen LogP contribution in [0.15, 0.2) is 57.6 Å². The largest absolute Gasteiger partial charge is 0.496 e. The predicted molar refractivity (Wildman–Crippen MR) is 117 cm³/mol. The lowest BCUT2D eigenvalue weighted by Gasteiger charge is -2.26. The summed E-state index contributed by atoms with van der Waals surface area (Å²) >= 11 is 3.47. The van der Waals surface area contributed by atoms with Crippen molar-refractivity contribution >= 4 is 38.4 Å². The molecular formula is C23H22BrNO4. The summed E-state index contributed by atoms with van der Waals surface area (Å²) in [5, 5.41) is 0.981. The second-order valence-corrected chi connectivity index (χ2v) is 7.89. The molecular weight excluding hydrogens is 434 g/mol. The van der Waals surface area contributed by atoms with Gasteiger partial charge in [-0.05, 0) is 36.3 Å². The van der Waals surface area contributed by atoms with Crippen LogP contribution in [0.1, 0.15) is 12.5 Å². The molecule has 0 atom stereocenters. The van der Waals surface area contributed by atoms with Gasteiger partial charge < -0.3 is 18.8 Å². The molecule has 1 amide bonds. The van der Waals surface area contributed by atoms with E-state index in [-0.39, 0.29) is 5.91 Å². The number of carbonyl (C=O) groups is 1. The average molecular weight is 456 g/mol. The lowest BCUT2D eigenvalue weighted by molar-refractivity contribution is -0.129. The molecule has 2 heterocycles. The van der Waals surface area contributed by atoms with E-state index in [4.69, 9.17) is 13.9 Å². The molecule has 1 aliphatic heterocycles. The maximum absolute atomic E-state index is 12.6. The second-order valence-electron chi connectivity index (χ2n) is 6.97. The molecule has 0 bridgehead atoms. The zero-order chi connectivity index (χ0) is 20.4. The Labute approximate surface area is 178 Å². The number of ether oxygens (including phenoxy) is 2. The van der Waals surface area contributed by atoms with Gasteiger partial charge in [-0.1, -0.05) is 28.1 Å². The Bertz CT molecular complexity index is 1060. The molecule has 1 aromatic heterocycles. The third-order valence-corrected chi connectivity index (χ3v) is 5.67. The molecule has 5 nitrogen and oxygen atoms in total. The van der Waals surface area contributed by atoms with E-state index in [0.29, 0.717) is 32.1 Å². The fraction of sp³-hybridized carbons (Fsp3) is 0.261. The van der Waals surface area contributed by atoms with Gasteiger partial charge in [0.2, 0.25) is 5.91 Å². The van der Waals surface area contributed by atoms with Crippen molar-refractivity contribution in [3.8, 4) is 16.9 Å². The molecule has 0 radical (unpaired) electrons. The second kappa shape index (κ2) is 8.43. The first kappa shape index (κ1) is 19.7. The molecule has 1 saturated heterocycles. The first-order chi connectivity index (χ1) is 14.1. The molecule has 3 aromatic rings. The fourth-order valence-electron chi connectivity index (χ4n) is 3.52. The minimum Gasteiger partial charge on any atom is -0.496 e. The van der Waals surface area contributed by atoms with Gasteiger partial charge in [-0.2, -0.15) is 0 Å². The number of nitrogens with zero attached hydrogens (tertiary/aromatic N) is 1. The van der Waals surface area contributed by atoms with Crippen molar-refractivity contribution < 1.29 is 18.7 Å². The van der Waals surface area contributed by atoms with Crippen molar-refractivity contribution in [3.63, 3.8) is 0 Å². The van der Waals surface area contributed by atoms with E-state index in [1.54, 1.807) is 19.4 Å². The summed E-state index contributed by atoms with van der Waals surface area (Å²) in [5.74, 6) is 0.672. The molecule has 0 N–H and O–H groups in total. The number of furan rings is 1. The fourth-order valence-corrected chi connectivity index (χ4v) is 3.79. The van der Waals surface area contributed by atoms with E-state index in [1.807, 2.05) is 48.2 Å². The summed E-state index contributed by atoms with van der Waals surface area (Å²) in [6.45, 7) is 4.34. The highest BCUT2D eigenvalue weighted by atomic mass is 79.9. The number of rotatable bonds is 4. The van der Waals surface area contributed by atoms with Crippen LogP contribution in [-0.2, 0) is 9.53 Å². The van der Waals surface area contributed by atoms with Gasteiger partial charge in [0.15, 0.2) is 0 Å². The van der Waals surface area contributed by atoms with Crippen molar-refractivity contribution in [1.29, 1.82) is 0 Å². The molecule has 0 spiro atoms. The van der Waals surface area contributed by atoms with E-state index >= 15 is 0 Å². The number of allylic oxidation sites excluding steroid dienone is 1. The number of methoxy groups -OCH3 is 1. The van der Waals surface area contributed by atoms with E-state index in [1.165, 1.54) is 0 Å². The van der Waals surface area contributed by atoms with Gasteiger partial charge >= 0.3 is 0 Å². The Kier molecular flexibility index (Phi) is 5.74. The number of hydrogen-bond donors (Lipinski definition) is 0. The van der Waals surface area contributed by atoms with Crippen molar-refractivity contribution in [2.24, 2.45) is 0 Å². The zero-order valence-electron chi connectivity index (χ0n) is 16.4. The molecule has 6 heteroatoms. The monoisotopic (exact) mass is 455 g/mol. The minimum atomic E-state index is -0.00623. The molecule has 2 aromatic carbocycles. The maximum atomic E-state index is 12.6. The number of halogens is 1. The Balaban J connectivity index is 1.74. The van der Waals surface area contributed by atoms with Crippen LogP contribution in [0.3, 0.4) is 0 Å². The number of amides is 1. The molecule has 1 fully saturated rings. The normalized spacial score (nSPS) is 15.0. The minimum absolute atomic E-state index is 0.00623. The number of morpholine rings is 1. The highest BCUT2D eigenvalue weighted by molar-refractivity contribution is 9.10. The number of carbonyl (C=O) groups excluding carboxylic acids is 1. The Hall–Kier alpha value is -2.57. The van der Waals surface area contributed by atoms with Gasteiger partial charge in [-0.25, -0.2) is 0 Å². The average Bonchev–Trinajstić information content (AvgIpc) is 3.16. The quantitative estimate of drug-likeness (QED) is 0.511. The lowest BCUT2D eigenvalue weighted by atomic mass is 9.99. The van der Waals surface area contributed by atoms with Crippen molar-refractivity contribution in [3.05, 3.63) is 58.8 Å². The zero-order valence-corrected chi connectivity index (χ0v) is 18.0. The van der Waals surface area contributed by atoms with Crippen LogP contribution in [0, 0.1) is 0 Å². The summed E-state index contributed by atoms with van der Waals surface area (Å²) in [6.07, 6.45) is 3.43. The summed E-state index contributed by atoms with van der Waals surface area (Å²) in [7, 11) is 1.63. The van der Waals surface area contributed by atoms with Crippen LogP contribution in [0.25, 0.3) is 27.7 Å². The maximum Gasteiger partial charge on any atom is 0.247 e. The van der Waals surface area contributed by atoms with Gasteiger partial charge in [0.1, 0.15) is 11.3 Å². The van der Waals surface area contributed by atoms with Crippen molar-refractivity contribution in [2.75, 3.05) is 33.4 Å². The topological polar surface area (TPSA) is 51.9 Å². The van der Waals surface area contributed by atoms with E-state index < -0.39 is 0 Å². The molecule has 150 valence electrons.